The number of carbonyl (C=O) groups is 3. The molecule has 0 spiro atoms. The first-order chi connectivity index (χ1) is 16.7. The van der Waals surface area contributed by atoms with Gasteiger partial charge in [0.05, 0.1) is 33.4 Å². The van der Waals surface area contributed by atoms with Crippen molar-refractivity contribution in [3.8, 4) is 0 Å². The van der Waals surface area contributed by atoms with E-state index >= 15 is 0 Å². The lowest BCUT2D eigenvalue weighted by atomic mass is 9.85. The van der Waals surface area contributed by atoms with E-state index in [0.717, 1.165) is 30.7 Å². The van der Waals surface area contributed by atoms with Crippen molar-refractivity contribution in [2.45, 2.75) is 6.42 Å². The Morgan fingerprint density at radius 2 is 1.66 bits per heavy atom. The summed E-state index contributed by atoms with van der Waals surface area (Å²) in [5, 5.41) is 24.4. The number of rotatable bonds is 6. The monoisotopic (exact) mass is 474 g/mol. The number of carbonyl (C=O) groups excluding carboxylic acids is 3. The summed E-state index contributed by atoms with van der Waals surface area (Å²) < 4.78 is 0. The number of non-ortho nitro benzene ring substituents is 1. The third-order valence-electron chi connectivity index (χ3n) is 6.67. The molecule has 2 aromatic carbocycles. The van der Waals surface area contributed by atoms with Gasteiger partial charge in [-0.15, -0.1) is 0 Å². The van der Waals surface area contributed by atoms with Crippen LogP contribution in [0.15, 0.2) is 60.7 Å². The minimum absolute atomic E-state index is 0.0988. The Morgan fingerprint density at radius 3 is 2.29 bits per heavy atom. The van der Waals surface area contributed by atoms with Crippen LogP contribution in [0.4, 0.5) is 22.7 Å². The number of anilines is 2. The number of nitro groups is 2. The first-order valence-electron chi connectivity index (χ1n) is 10.8. The largest absolute Gasteiger partial charge is 0.317 e. The molecule has 4 atom stereocenters. The van der Waals surface area contributed by atoms with Crippen LogP contribution in [0.1, 0.15) is 12.0 Å². The molecule has 176 valence electrons. The highest BCUT2D eigenvalue weighted by Crippen LogP contribution is 2.53. The molecule has 1 N–H and O–H groups in total. The van der Waals surface area contributed by atoms with Crippen LogP contribution in [0.25, 0.3) is 6.08 Å². The number of nitrogens with one attached hydrogen (secondary N) is 1. The zero-order chi connectivity index (χ0) is 24.9. The summed E-state index contributed by atoms with van der Waals surface area (Å²) >= 11 is 0. The molecule has 0 aromatic heterocycles. The summed E-state index contributed by atoms with van der Waals surface area (Å²) in [6.45, 7) is 0. The Hall–Kier alpha value is -4.67. The molecule has 1 saturated heterocycles. The van der Waals surface area contributed by atoms with E-state index in [1.165, 1.54) is 11.0 Å². The van der Waals surface area contributed by atoms with E-state index in [0.29, 0.717) is 11.3 Å². The Kier molecular flexibility index (Phi) is 5.24. The lowest BCUT2D eigenvalue weighted by molar-refractivity contribution is -0.393. The van der Waals surface area contributed by atoms with Gasteiger partial charge in [-0.2, -0.15) is 0 Å². The molecule has 2 bridgehead atoms. The number of amides is 3. The van der Waals surface area contributed by atoms with E-state index in [4.69, 9.17) is 0 Å². The average Bonchev–Trinajstić information content (AvgIpc) is 3.51. The van der Waals surface area contributed by atoms with Gasteiger partial charge < -0.3 is 5.32 Å². The fourth-order valence-electron chi connectivity index (χ4n) is 5.16. The van der Waals surface area contributed by atoms with Gasteiger partial charge in [0.25, 0.3) is 11.4 Å². The van der Waals surface area contributed by atoms with Crippen LogP contribution in [0.2, 0.25) is 0 Å². The summed E-state index contributed by atoms with van der Waals surface area (Å²) in [4.78, 5) is 60.1. The van der Waals surface area contributed by atoms with Crippen molar-refractivity contribution in [3.63, 3.8) is 0 Å². The maximum atomic E-state index is 13.0. The summed E-state index contributed by atoms with van der Waals surface area (Å²) in [5.74, 6) is -1.55. The number of nitro benzene ring substituents is 2. The molecule has 5 rings (SSSR count). The van der Waals surface area contributed by atoms with Crippen LogP contribution in [0, 0.1) is 43.9 Å². The molecule has 3 aliphatic rings. The highest BCUT2D eigenvalue weighted by molar-refractivity contribution is 6.23. The average molecular weight is 474 g/mol. The SMILES string of the molecule is O=C(/C=C\c1cccc(N2C(=O)C3C4C=CC(C4)C3C2=O)c1)Nc1ccc([N+](=O)[O-])cc1[N+](=O)[O-]. The molecule has 1 heterocycles. The second kappa shape index (κ2) is 8.28. The molecule has 35 heavy (non-hydrogen) atoms. The molecule has 11 heteroatoms. The van der Waals surface area contributed by atoms with Gasteiger partial charge in [-0.3, -0.25) is 34.6 Å². The Morgan fingerprint density at radius 1 is 0.971 bits per heavy atom. The summed E-state index contributed by atoms with van der Waals surface area (Å²) in [6.07, 6.45) is 7.45. The summed E-state index contributed by atoms with van der Waals surface area (Å²) in [6, 6.07) is 9.52. The molecule has 1 aliphatic heterocycles. The van der Waals surface area contributed by atoms with E-state index in [9.17, 15) is 34.6 Å². The highest BCUT2D eigenvalue weighted by Gasteiger charge is 2.59. The number of imide groups is 1. The predicted octanol–water partition coefficient (Wildman–Crippen LogP) is 3.47. The van der Waals surface area contributed by atoms with Gasteiger partial charge in [0.1, 0.15) is 5.69 Å². The Bertz CT molecular complexity index is 1340. The zero-order valence-corrected chi connectivity index (χ0v) is 18.1. The number of fused-ring (bicyclic) bond motifs is 5. The third kappa shape index (κ3) is 3.76. The van der Waals surface area contributed by atoms with Crippen molar-refractivity contribution in [3.05, 3.63) is 86.5 Å². The first-order valence-corrected chi connectivity index (χ1v) is 10.8. The van der Waals surface area contributed by atoms with Crippen molar-refractivity contribution < 1.29 is 24.2 Å². The summed E-state index contributed by atoms with van der Waals surface area (Å²) in [7, 11) is 0. The molecule has 0 radical (unpaired) electrons. The van der Waals surface area contributed by atoms with Gasteiger partial charge in [-0.05, 0) is 48.1 Å². The van der Waals surface area contributed by atoms with E-state index in [-0.39, 0.29) is 41.2 Å². The second-order valence-electron chi connectivity index (χ2n) is 8.65. The normalized spacial score (nSPS) is 24.3. The lowest BCUT2D eigenvalue weighted by Crippen LogP contribution is -2.32. The maximum Gasteiger partial charge on any atom is 0.299 e. The molecule has 11 nitrogen and oxygen atoms in total. The molecule has 2 aliphatic carbocycles. The maximum absolute atomic E-state index is 13.0. The number of nitrogens with zero attached hydrogens (tertiary/aromatic N) is 3. The van der Waals surface area contributed by atoms with Gasteiger partial charge >= 0.3 is 0 Å². The van der Waals surface area contributed by atoms with Crippen LogP contribution in [0.5, 0.6) is 0 Å². The van der Waals surface area contributed by atoms with E-state index < -0.39 is 27.1 Å². The van der Waals surface area contributed by atoms with Crippen LogP contribution in [-0.2, 0) is 14.4 Å². The number of allylic oxidation sites excluding steroid dienone is 2. The quantitative estimate of drug-likeness (QED) is 0.221. The highest BCUT2D eigenvalue weighted by atomic mass is 16.6. The van der Waals surface area contributed by atoms with E-state index in [1.807, 2.05) is 12.2 Å². The van der Waals surface area contributed by atoms with Gasteiger partial charge in [0.2, 0.25) is 17.7 Å². The molecular formula is C24H18N4O7. The van der Waals surface area contributed by atoms with Crippen LogP contribution in [0.3, 0.4) is 0 Å². The number of hydrogen-bond donors (Lipinski definition) is 1. The van der Waals surface area contributed by atoms with Gasteiger partial charge in [0.15, 0.2) is 0 Å². The predicted molar refractivity (Wildman–Crippen MR) is 124 cm³/mol. The van der Waals surface area contributed by atoms with Crippen molar-refractivity contribution in [1.82, 2.24) is 0 Å². The minimum atomic E-state index is -0.822. The second-order valence-corrected chi connectivity index (χ2v) is 8.65. The van der Waals surface area contributed by atoms with Crippen LogP contribution in [-0.4, -0.2) is 27.6 Å². The van der Waals surface area contributed by atoms with Crippen LogP contribution >= 0.6 is 0 Å². The van der Waals surface area contributed by atoms with Crippen molar-refractivity contribution >= 4 is 46.5 Å². The topological polar surface area (TPSA) is 153 Å². The Labute approximate surface area is 198 Å². The molecule has 2 aromatic rings. The molecular weight excluding hydrogens is 456 g/mol. The first kappa shape index (κ1) is 22.1. The fraction of sp³-hybridized carbons (Fsp3) is 0.208. The van der Waals surface area contributed by atoms with Crippen molar-refractivity contribution in [1.29, 1.82) is 0 Å². The third-order valence-corrected chi connectivity index (χ3v) is 6.67. The fourth-order valence-corrected chi connectivity index (χ4v) is 5.16. The molecule has 3 amide bonds. The van der Waals surface area contributed by atoms with Gasteiger partial charge in [-0.1, -0.05) is 24.3 Å². The van der Waals surface area contributed by atoms with Crippen LogP contribution < -0.4 is 10.2 Å². The molecule has 1 saturated carbocycles. The Balaban J connectivity index is 1.32. The number of hydrogen-bond acceptors (Lipinski definition) is 7. The zero-order valence-electron chi connectivity index (χ0n) is 18.1. The number of benzene rings is 2. The van der Waals surface area contributed by atoms with Gasteiger partial charge in [-0.25, -0.2) is 4.90 Å². The van der Waals surface area contributed by atoms with Crippen molar-refractivity contribution in [2.24, 2.45) is 23.7 Å². The van der Waals surface area contributed by atoms with Crippen molar-refractivity contribution in [2.75, 3.05) is 10.2 Å². The lowest BCUT2D eigenvalue weighted by Gasteiger charge is -2.17. The molecule has 4 unspecified atom stereocenters. The van der Waals surface area contributed by atoms with Gasteiger partial charge in [0, 0.05) is 12.1 Å². The van der Waals surface area contributed by atoms with E-state index in [2.05, 4.69) is 5.32 Å². The molecule has 2 fully saturated rings. The standard InChI is InChI=1S/C24H18N4O7/c29-20(25-18-8-7-17(27(32)33)12-19(18)28(34)35)9-4-13-2-1-3-16(10-13)26-23(30)21-14-5-6-15(11-14)22(21)24(26)31/h1-10,12,14-15,21-22H,11H2,(H,25,29)/b9-4-. The minimum Gasteiger partial charge on any atom is -0.317 e. The smallest absolute Gasteiger partial charge is 0.299 e. The summed E-state index contributed by atoms with van der Waals surface area (Å²) in [5.41, 5.74) is -0.312. The van der Waals surface area contributed by atoms with E-state index in [1.54, 1.807) is 24.3 Å².